The number of alkyl halides is 3. The molecule has 0 atom stereocenters. The summed E-state index contributed by atoms with van der Waals surface area (Å²) in [6.07, 6.45) is -2.48. The first kappa shape index (κ1) is 23.3. The van der Waals surface area contributed by atoms with Gasteiger partial charge in [-0.25, -0.2) is 17.6 Å². The summed E-state index contributed by atoms with van der Waals surface area (Å²) in [5.74, 6) is -6.05. The van der Waals surface area contributed by atoms with Gasteiger partial charge in [-0.2, -0.15) is 13.2 Å². The predicted molar refractivity (Wildman–Crippen MR) is 111 cm³/mol. The molecule has 7 heteroatoms. The van der Waals surface area contributed by atoms with E-state index in [4.69, 9.17) is 0 Å². The maximum atomic E-state index is 14.7. The van der Waals surface area contributed by atoms with Gasteiger partial charge >= 0.3 is 6.18 Å². The maximum Gasteiger partial charge on any atom is 0.412 e. The Bertz CT molecular complexity index is 1130. The molecular weight excluding hydrogens is 433 g/mol. The first-order valence-electron chi connectivity index (χ1n) is 9.53. The smallest absolute Gasteiger partial charge is 0.206 e. The highest BCUT2D eigenvalue weighted by molar-refractivity contribution is 5.73. The van der Waals surface area contributed by atoms with Gasteiger partial charge in [0.15, 0.2) is 0 Å². The molecule has 0 saturated heterocycles. The third-order valence-corrected chi connectivity index (χ3v) is 4.78. The van der Waals surface area contributed by atoms with Gasteiger partial charge < -0.3 is 0 Å². The molecule has 3 rings (SSSR count). The van der Waals surface area contributed by atoms with Crippen molar-refractivity contribution in [1.29, 1.82) is 0 Å². The summed E-state index contributed by atoms with van der Waals surface area (Å²) >= 11 is 0. The number of aryl methyl sites for hydroxylation is 1. The SMILES string of the molecule is C=CCCc1ccc(-c2ccc(-c3cc(F)c(/C(F)=C/C(F)(F)F)c(F)c3)c(F)c2)cc1. The fraction of sp³-hybridized carbons (Fsp3) is 0.120. The van der Waals surface area contributed by atoms with Crippen molar-refractivity contribution in [2.45, 2.75) is 19.0 Å². The number of rotatable bonds is 6. The molecule has 0 heterocycles. The minimum Gasteiger partial charge on any atom is -0.206 e. The molecule has 0 radical (unpaired) electrons. The van der Waals surface area contributed by atoms with Gasteiger partial charge in [0, 0.05) is 5.56 Å². The molecule has 0 nitrogen and oxygen atoms in total. The van der Waals surface area contributed by atoms with Gasteiger partial charge in [-0.15, -0.1) is 6.58 Å². The summed E-state index contributed by atoms with van der Waals surface area (Å²) in [5, 5.41) is 0. The fourth-order valence-corrected chi connectivity index (χ4v) is 3.23. The van der Waals surface area contributed by atoms with Crippen molar-refractivity contribution in [2.75, 3.05) is 0 Å². The van der Waals surface area contributed by atoms with E-state index in [9.17, 15) is 30.7 Å². The van der Waals surface area contributed by atoms with Gasteiger partial charge in [-0.3, -0.25) is 0 Å². The van der Waals surface area contributed by atoms with E-state index in [-0.39, 0.29) is 11.1 Å². The molecular formula is C25H17F7. The molecule has 32 heavy (non-hydrogen) atoms. The summed E-state index contributed by atoms with van der Waals surface area (Å²) in [7, 11) is 0. The zero-order valence-corrected chi connectivity index (χ0v) is 16.6. The van der Waals surface area contributed by atoms with Gasteiger partial charge in [0.1, 0.15) is 23.3 Å². The van der Waals surface area contributed by atoms with E-state index in [1.807, 2.05) is 24.3 Å². The molecule has 166 valence electrons. The lowest BCUT2D eigenvalue weighted by Gasteiger charge is -2.10. The average Bonchev–Trinajstić information content (AvgIpc) is 2.70. The summed E-state index contributed by atoms with van der Waals surface area (Å²) in [6, 6.07) is 12.6. The van der Waals surface area contributed by atoms with E-state index in [2.05, 4.69) is 6.58 Å². The van der Waals surface area contributed by atoms with Crippen LogP contribution in [0, 0.1) is 17.5 Å². The molecule has 0 aliphatic rings. The lowest BCUT2D eigenvalue weighted by molar-refractivity contribution is -0.0798. The van der Waals surface area contributed by atoms with Crippen molar-refractivity contribution in [3.8, 4) is 22.3 Å². The van der Waals surface area contributed by atoms with Crippen LogP contribution in [0.4, 0.5) is 30.7 Å². The lowest BCUT2D eigenvalue weighted by Crippen LogP contribution is -2.04. The minimum absolute atomic E-state index is 0.180. The van der Waals surface area contributed by atoms with E-state index in [1.54, 1.807) is 12.1 Å². The molecule has 0 bridgehead atoms. The van der Waals surface area contributed by atoms with Crippen LogP contribution >= 0.6 is 0 Å². The number of benzene rings is 3. The first-order valence-corrected chi connectivity index (χ1v) is 9.53. The van der Waals surface area contributed by atoms with E-state index < -0.39 is 41.1 Å². The molecule has 0 amide bonds. The van der Waals surface area contributed by atoms with Crippen LogP contribution in [0.5, 0.6) is 0 Å². The molecule has 3 aromatic carbocycles. The highest BCUT2D eigenvalue weighted by Gasteiger charge is 2.28. The molecule has 0 aromatic heterocycles. The largest absolute Gasteiger partial charge is 0.412 e. The Hall–Kier alpha value is -3.35. The van der Waals surface area contributed by atoms with E-state index in [0.717, 1.165) is 24.0 Å². The zero-order valence-electron chi connectivity index (χ0n) is 16.6. The molecule has 0 N–H and O–H groups in total. The second kappa shape index (κ2) is 9.42. The normalized spacial score (nSPS) is 12.2. The summed E-state index contributed by atoms with van der Waals surface area (Å²) in [6.45, 7) is 3.67. The van der Waals surface area contributed by atoms with Crippen LogP contribution in [0.25, 0.3) is 28.1 Å². The van der Waals surface area contributed by atoms with Gasteiger partial charge in [0.25, 0.3) is 0 Å². The van der Waals surface area contributed by atoms with Gasteiger partial charge in [0.05, 0.1) is 11.6 Å². The molecule has 0 fully saturated rings. The molecule has 0 spiro atoms. The zero-order chi connectivity index (χ0) is 23.5. The Morgan fingerprint density at radius 1 is 0.781 bits per heavy atom. The summed E-state index contributed by atoms with van der Waals surface area (Å²) in [5.41, 5.74) is 0.430. The Morgan fingerprint density at radius 3 is 1.88 bits per heavy atom. The Kier molecular flexibility index (Phi) is 6.87. The lowest BCUT2D eigenvalue weighted by atomic mass is 9.97. The standard InChI is InChI=1S/C25H17F7/c1-2-3-4-15-5-7-16(8-6-15)17-9-10-19(20(26)11-17)18-12-21(27)24(22(28)13-18)23(29)14-25(30,31)32/h2,5-14H,1,3-4H2/b23-14-. The van der Waals surface area contributed by atoms with E-state index >= 15 is 0 Å². The van der Waals surface area contributed by atoms with E-state index in [1.165, 1.54) is 12.1 Å². The van der Waals surface area contributed by atoms with Crippen molar-refractivity contribution in [2.24, 2.45) is 0 Å². The van der Waals surface area contributed by atoms with Gasteiger partial charge in [-0.1, -0.05) is 42.5 Å². The number of halogens is 7. The second-order valence-corrected chi connectivity index (χ2v) is 7.07. The average molecular weight is 450 g/mol. The van der Waals surface area contributed by atoms with Crippen molar-refractivity contribution in [3.05, 3.63) is 102 Å². The maximum absolute atomic E-state index is 14.7. The minimum atomic E-state index is -5.09. The predicted octanol–water partition coefficient (Wildman–Crippen LogP) is 8.43. The van der Waals surface area contributed by atoms with Gasteiger partial charge in [0.2, 0.25) is 0 Å². The molecule has 0 aliphatic carbocycles. The summed E-state index contributed by atoms with van der Waals surface area (Å²) in [4.78, 5) is 0. The van der Waals surface area contributed by atoms with E-state index in [0.29, 0.717) is 17.7 Å². The molecule has 3 aromatic rings. The van der Waals surface area contributed by atoms with Crippen LogP contribution in [-0.4, -0.2) is 6.18 Å². The molecule has 0 saturated carbocycles. The topological polar surface area (TPSA) is 0 Å². The van der Waals surface area contributed by atoms with Crippen LogP contribution in [-0.2, 0) is 6.42 Å². The van der Waals surface area contributed by atoms with Crippen LogP contribution in [0.2, 0.25) is 0 Å². The van der Waals surface area contributed by atoms with Crippen molar-refractivity contribution in [1.82, 2.24) is 0 Å². The van der Waals surface area contributed by atoms with Crippen LogP contribution in [0.15, 0.2) is 73.3 Å². The second-order valence-electron chi connectivity index (χ2n) is 7.07. The number of allylic oxidation sites excluding steroid dienone is 2. The van der Waals surface area contributed by atoms with Crippen LogP contribution in [0.1, 0.15) is 17.5 Å². The third kappa shape index (κ3) is 5.46. The summed E-state index contributed by atoms with van der Waals surface area (Å²) < 4.78 is 93.7. The van der Waals surface area contributed by atoms with Gasteiger partial charge in [-0.05, 0) is 53.3 Å². The van der Waals surface area contributed by atoms with Crippen LogP contribution < -0.4 is 0 Å². The Labute approximate surface area is 180 Å². The van der Waals surface area contributed by atoms with Crippen molar-refractivity contribution in [3.63, 3.8) is 0 Å². The fourth-order valence-electron chi connectivity index (χ4n) is 3.23. The van der Waals surface area contributed by atoms with Crippen molar-refractivity contribution < 1.29 is 30.7 Å². The number of hydrogen-bond acceptors (Lipinski definition) is 0. The van der Waals surface area contributed by atoms with Crippen LogP contribution in [0.3, 0.4) is 0 Å². The number of hydrogen-bond donors (Lipinski definition) is 0. The molecule has 0 unspecified atom stereocenters. The Morgan fingerprint density at radius 2 is 1.34 bits per heavy atom. The highest BCUT2D eigenvalue weighted by Crippen LogP contribution is 2.34. The Balaban J connectivity index is 1.92. The third-order valence-electron chi connectivity index (χ3n) is 4.78. The monoisotopic (exact) mass is 450 g/mol. The quantitative estimate of drug-likeness (QED) is 0.261. The first-order chi connectivity index (χ1) is 15.1. The molecule has 0 aliphatic heterocycles. The van der Waals surface area contributed by atoms with Crippen molar-refractivity contribution >= 4 is 5.83 Å². The highest BCUT2D eigenvalue weighted by atomic mass is 19.4.